The molecule has 0 saturated heterocycles. The lowest BCUT2D eigenvalue weighted by Crippen LogP contribution is -2.20. The minimum atomic E-state index is -0.772. The van der Waals surface area contributed by atoms with Gasteiger partial charge in [-0.15, -0.1) is 0 Å². The minimum Gasteiger partial charge on any atom is -0.481 e. The van der Waals surface area contributed by atoms with Crippen LogP contribution in [0.15, 0.2) is 24.3 Å². The van der Waals surface area contributed by atoms with Gasteiger partial charge in [0.25, 0.3) is 0 Å². The Morgan fingerprint density at radius 3 is 2.76 bits per heavy atom. The van der Waals surface area contributed by atoms with Crippen molar-refractivity contribution in [2.45, 2.75) is 26.7 Å². The largest absolute Gasteiger partial charge is 0.481 e. The second kappa shape index (κ2) is 4.20. The van der Waals surface area contributed by atoms with Crippen LogP contribution in [0.3, 0.4) is 0 Å². The number of rotatable bonds is 4. The molecule has 0 saturated carbocycles. The van der Waals surface area contributed by atoms with E-state index in [4.69, 9.17) is 5.11 Å². The third-order valence-electron chi connectivity index (χ3n) is 2.71. The molecule has 2 N–H and O–H groups in total. The number of carboxylic acid groups (broad SMARTS) is 1. The van der Waals surface area contributed by atoms with E-state index in [9.17, 15) is 4.79 Å². The molecular weight excluding hydrogens is 216 g/mol. The number of aromatic nitrogens is 2. The van der Waals surface area contributed by atoms with E-state index in [-0.39, 0.29) is 11.8 Å². The molecule has 4 nitrogen and oxygen atoms in total. The number of para-hydroxylation sites is 2. The van der Waals surface area contributed by atoms with Crippen molar-refractivity contribution >= 4 is 17.0 Å². The van der Waals surface area contributed by atoms with Crippen molar-refractivity contribution in [3.05, 3.63) is 30.1 Å². The summed E-state index contributed by atoms with van der Waals surface area (Å²) in [6, 6.07) is 7.80. The van der Waals surface area contributed by atoms with Gasteiger partial charge >= 0.3 is 5.97 Å². The molecule has 90 valence electrons. The van der Waals surface area contributed by atoms with E-state index in [0.29, 0.717) is 6.42 Å². The number of carbonyl (C=O) groups is 1. The van der Waals surface area contributed by atoms with Crippen LogP contribution in [0.4, 0.5) is 0 Å². The molecule has 0 aliphatic carbocycles. The van der Waals surface area contributed by atoms with E-state index in [2.05, 4.69) is 9.97 Å². The van der Waals surface area contributed by atoms with Crippen molar-refractivity contribution in [3.63, 3.8) is 0 Å². The van der Waals surface area contributed by atoms with Gasteiger partial charge in [-0.3, -0.25) is 4.79 Å². The number of aliphatic carboxylic acids is 1. The van der Waals surface area contributed by atoms with Gasteiger partial charge in [0.2, 0.25) is 0 Å². The maximum atomic E-state index is 10.7. The molecule has 0 atom stereocenters. The number of fused-ring (bicyclic) bond motifs is 1. The fourth-order valence-electron chi connectivity index (χ4n) is 2.01. The fraction of sp³-hybridized carbons (Fsp3) is 0.385. The number of carboxylic acids is 1. The molecule has 0 unspecified atom stereocenters. The number of benzene rings is 1. The Bertz CT molecular complexity index is 510. The lowest BCUT2D eigenvalue weighted by Gasteiger charge is -2.20. The summed E-state index contributed by atoms with van der Waals surface area (Å²) >= 11 is 0. The third kappa shape index (κ3) is 2.84. The van der Waals surface area contributed by atoms with E-state index < -0.39 is 5.97 Å². The van der Waals surface area contributed by atoms with Gasteiger partial charge in [0.15, 0.2) is 0 Å². The maximum Gasteiger partial charge on any atom is 0.303 e. The topological polar surface area (TPSA) is 66.0 Å². The number of nitrogens with zero attached hydrogens (tertiary/aromatic N) is 1. The van der Waals surface area contributed by atoms with Gasteiger partial charge in [0.1, 0.15) is 5.82 Å². The number of hydrogen-bond donors (Lipinski definition) is 2. The van der Waals surface area contributed by atoms with Gasteiger partial charge < -0.3 is 10.1 Å². The molecule has 4 heteroatoms. The molecule has 0 bridgehead atoms. The predicted octanol–water partition coefficient (Wildman–Crippen LogP) is 2.61. The Hall–Kier alpha value is -1.84. The van der Waals surface area contributed by atoms with Gasteiger partial charge in [0, 0.05) is 6.42 Å². The van der Waals surface area contributed by atoms with Crippen molar-refractivity contribution in [2.75, 3.05) is 0 Å². The Labute approximate surface area is 99.7 Å². The molecule has 1 aromatic carbocycles. The van der Waals surface area contributed by atoms with Crippen LogP contribution in [0.5, 0.6) is 0 Å². The molecule has 2 rings (SSSR count). The van der Waals surface area contributed by atoms with Gasteiger partial charge in [-0.05, 0) is 17.5 Å². The molecule has 0 amide bonds. The Balaban J connectivity index is 2.20. The van der Waals surface area contributed by atoms with Crippen molar-refractivity contribution in [3.8, 4) is 0 Å². The SMILES string of the molecule is CC(C)(CC(=O)O)Cc1nc2ccccc2[nH]1. The Morgan fingerprint density at radius 2 is 2.12 bits per heavy atom. The van der Waals surface area contributed by atoms with Crippen LogP contribution < -0.4 is 0 Å². The van der Waals surface area contributed by atoms with Crippen molar-refractivity contribution in [2.24, 2.45) is 5.41 Å². The molecule has 1 heterocycles. The highest BCUT2D eigenvalue weighted by molar-refractivity contribution is 5.74. The summed E-state index contributed by atoms with van der Waals surface area (Å²) in [4.78, 5) is 18.4. The molecular formula is C13H16N2O2. The molecule has 2 aromatic rings. The molecule has 17 heavy (non-hydrogen) atoms. The maximum absolute atomic E-state index is 10.7. The molecule has 1 aromatic heterocycles. The van der Waals surface area contributed by atoms with E-state index in [1.807, 2.05) is 38.1 Å². The quantitative estimate of drug-likeness (QED) is 0.851. The number of nitrogens with one attached hydrogen (secondary N) is 1. The zero-order valence-electron chi connectivity index (χ0n) is 10.0. The summed E-state index contributed by atoms with van der Waals surface area (Å²) in [7, 11) is 0. The molecule has 0 fully saturated rings. The molecule has 0 radical (unpaired) electrons. The van der Waals surface area contributed by atoms with Crippen LogP contribution in [0.2, 0.25) is 0 Å². The van der Waals surface area contributed by atoms with Crippen LogP contribution >= 0.6 is 0 Å². The first-order chi connectivity index (χ1) is 7.96. The van der Waals surface area contributed by atoms with Crippen LogP contribution in [0.25, 0.3) is 11.0 Å². The minimum absolute atomic E-state index is 0.143. The molecule has 0 aliphatic heterocycles. The second-order valence-corrected chi connectivity index (χ2v) is 5.11. The Morgan fingerprint density at radius 1 is 1.41 bits per heavy atom. The second-order valence-electron chi connectivity index (χ2n) is 5.11. The van der Waals surface area contributed by atoms with E-state index >= 15 is 0 Å². The van der Waals surface area contributed by atoms with Crippen molar-refractivity contribution in [1.82, 2.24) is 9.97 Å². The van der Waals surface area contributed by atoms with Crippen molar-refractivity contribution in [1.29, 1.82) is 0 Å². The van der Waals surface area contributed by atoms with Crippen molar-refractivity contribution < 1.29 is 9.90 Å². The fourth-order valence-corrected chi connectivity index (χ4v) is 2.01. The highest BCUT2D eigenvalue weighted by Gasteiger charge is 2.23. The van der Waals surface area contributed by atoms with Gasteiger partial charge in [-0.25, -0.2) is 4.98 Å². The Kier molecular flexibility index (Phi) is 2.88. The average molecular weight is 232 g/mol. The van der Waals surface area contributed by atoms with E-state index in [1.54, 1.807) is 0 Å². The zero-order chi connectivity index (χ0) is 12.5. The lowest BCUT2D eigenvalue weighted by molar-refractivity contribution is -0.139. The van der Waals surface area contributed by atoms with Crippen LogP contribution in [-0.2, 0) is 11.2 Å². The van der Waals surface area contributed by atoms with Crippen LogP contribution in [0, 0.1) is 5.41 Å². The van der Waals surface area contributed by atoms with Gasteiger partial charge in [-0.1, -0.05) is 26.0 Å². The zero-order valence-corrected chi connectivity index (χ0v) is 10.0. The monoisotopic (exact) mass is 232 g/mol. The number of aromatic amines is 1. The third-order valence-corrected chi connectivity index (χ3v) is 2.71. The van der Waals surface area contributed by atoms with Crippen LogP contribution in [0.1, 0.15) is 26.1 Å². The van der Waals surface area contributed by atoms with E-state index in [1.165, 1.54) is 0 Å². The first-order valence-corrected chi connectivity index (χ1v) is 5.62. The summed E-state index contributed by atoms with van der Waals surface area (Å²) in [5.41, 5.74) is 1.63. The standard InChI is InChI=1S/C13H16N2O2/c1-13(2,8-12(16)17)7-11-14-9-5-3-4-6-10(9)15-11/h3-6H,7-8H2,1-2H3,(H,14,15)(H,16,17). The number of hydrogen-bond acceptors (Lipinski definition) is 2. The summed E-state index contributed by atoms with van der Waals surface area (Å²) in [6.07, 6.45) is 0.776. The predicted molar refractivity (Wildman–Crippen MR) is 65.8 cm³/mol. The normalized spacial score (nSPS) is 11.9. The van der Waals surface area contributed by atoms with Gasteiger partial charge in [0.05, 0.1) is 17.5 Å². The summed E-state index contributed by atoms with van der Waals surface area (Å²) in [5.74, 6) is 0.0727. The summed E-state index contributed by atoms with van der Waals surface area (Å²) < 4.78 is 0. The highest BCUT2D eigenvalue weighted by atomic mass is 16.4. The highest BCUT2D eigenvalue weighted by Crippen LogP contribution is 2.25. The lowest BCUT2D eigenvalue weighted by atomic mass is 9.85. The van der Waals surface area contributed by atoms with E-state index in [0.717, 1.165) is 16.9 Å². The first kappa shape index (κ1) is 11.6. The number of imidazole rings is 1. The molecule has 0 aliphatic rings. The van der Waals surface area contributed by atoms with Gasteiger partial charge in [-0.2, -0.15) is 0 Å². The molecule has 0 spiro atoms. The number of H-pyrrole nitrogens is 1. The summed E-state index contributed by atoms with van der Waals surface area (Å²) in [5, 5.41) is 8.84. The first-order valence-electron chi connectivity index (χ1n) is 5.62. The average Bonchev–Trinajstić information content (AvgIpc) is 2.55. The smallest absolute Gasteiger partial charge is 0.303 e. The van der Waals surface area contributed by atoms with Crippen LogP contribution in [-0.4, -0.2) is 21.0 Å². The summed E-state index contributed by atoms with van der Waals surface area (Å²) in [6.45, 7) is 3.88.